The normalized spacial score (nSPS) is 39.9. The van der Waals surface area contributed by atoms with Crippen molar-refractivity contribution in [3.63, 3.8) is 0 Å². The van der Waals surface area contributed by atoms with Crippen molar-refractivity contribution in [2.45, 2.75) is 58.0 Å². The molecule has 3 aliphatic rings. The maximum absolute atomic E-state index is 6.18. The Morgan fingerprint density at radius 3 is 2.18 bits per heavy atom. The van der Waals surface area contributed by atoms with Crippen molar-refractivity contribution in [1.82, 2.24) is 4.90 Å². The summed E-state index contributed by atoms with van der Waals surface area (Å²) in [5, 5.41) is 0. The zero-order valence-corrected chi connectivity index (χ0v) is 11.4. The van der Waals surface area contributed by atoms with Crippen LogP contribution in [-0.4, -0.2) is 30.1 Å². The third kappa shape index (κ3) is 2.53. The Kier molecular flexibility index (Phi) is 3.20. The average molecular weight is 236 g/mol. The molecule has 0 aromatic rings. The second kappa shape index (κ2) is 4.55. The van der Waals surface area contributed by atoms with Crippen molar-refractivity contribution in [1.29, 1.82) is 0 Å². The van der Waals surface area contributed by atoms with Crippen LogP contribution in [0.25, 0.3) is 0 Å². The van der Waals surface area contributed by atoms with E-state index in [9.17, 15) is 0 Å². The average Bonchev–Trinajstić information content (AvgIpc) is 3.16. The molecule has 0 amide bonds. The second-order valence-electron chi connectivity index (χ2n) is 6.89. The van der Waals surface area contributed by atoms with E-state index in [0.29, 0.717) is 18.0 Å². The van der Waals surface area contributed by atoms with Gasteiger partial charge in [0, 0.05) is 18.6 Å². The Hall–Kier alpha value is -0.0800. The highest BCUT2D eigenvalue weighted by Gasteiger charge is 2.43. The van der Waals surface area contributed by atoms with E-state index in [-0.39, 0.29) is 0 Å². The first kappa shape index (κ1) is 12.0. The van der Waals surface area contributed by atoms with E-state index in [1.807, 2.05) is 0 Å². The van der Waals surface area contributed by atoms with E-state index < -0.39 is 0 Å². The lowest BCUT2D eigenvalue weighted by molar-refractivity contribution is 0.0732. The van der Waals surface area contributed by atoms with Crippen LogP contribution in [0, 0.1) is 23.7 Å². The first-order valence-electron chi connectivity index (χ1n) is 7.66. The van der Waals surface area contributed by atoms with Gasteiger partial charge in [0.2, 0.25) is 0 Å². The van der Waals surface area contributed by atoms with Gasteiger partial charge in [0.05, 0.1) is 0 Å². The molecule has 1 heterocycles. The highest BCUT2D eigenvalue weighted by molar-refractivity contribution is 4.95. The Morgan fingerprint density at radius 1 is 1.06 bits per heavy atom. The fourth-order valence-electron chi connectivity index (χ4n) is 3.73. The van der Waals surface area contributed by atoms with Crippen LogP contribution in [-0.2, 0) is 0 Å². The maximum Gasteiger partial charge on any atom is 0.0107 e. The van der Waals surface area contributed by atoms with Crippen molar-refractivity contribution < 1.29 is 0 Å². The zero-order chi connectivity index (χ0) is 12.0. The van der Waals surface area contributed by atoms with Gasteiger partial charge in [-0.2, -0.15) is 0 Å². The SMILES string of the molecule is CC1C(N)CCN(CC(C2CC2)C2CC2)C1C. The molecule has 1 saturated heterocycles. The number of rotatable bonds is 4. The fourth-order valence-corrected chi connectivity index (χ4v) is 3.73. The number of piperidine rings is 1. The summed E-state index contributed by atoms with van der Waals surface area (Å²) in [4.78, 5) is 2.75. The molecule has 0 bridgehead atoms. The molecule has 2 N–H and O–H groups in total. The Balaban J connectivity index is 1.59. The van der Waals surface area contributed by atoms with E-state index in [1.54, 1.807) is 0 Å². The highest BCUT2D eigenvalue weighted by Crippen LogP contribution is 2.49. The summed E-state index contributed by atoms with van der Waals surface area (Å²) < 4.78 is 0. The largest absolute Gasteiger partial charge is 0.327 e. The van der Waals surface area contributed by atoms with Gasteiger partial charge in [-0.25, -0.2) is 0 Å². The molecule has 0 spiro atoms. The molecule has 2 nitrogen and oxygen atoms in total. The molecule has 0 aromatic heterocycles. The Labute approximate surface area is 106 Å². The number of hydrogen-bond donors (Lipinski definition) is 1. The molecule has 2 heteroatoms. The minimum Gasteiger partial charge on any atom is -0.327 e. The third-order valence-electron chi connectivity index (χ3n) is 5.66. The molecule has 3 atom stereocenters. The first-order chi connectivity index (χ1) is 8.16. The lowest BCUT2D eigenvalue weighted by Gasteiger charge is -2.43. The van der Waals surface area contributed by atoms with Crippen LogP contribution in [0.1, 0.15) is 46.0 Å². The molecule has 2 saturated carbocycles. The maximum atomic E-state index is 6.18. The molecule has 3 rings (SSSR count). The highest BCUT2D eigenvalue weighted by atomic mass is 15.2. The van der Waals surface area contributed by atoms with Gasteiger partial charge in [0.15, 0.2) is 0 Å². The van der Waals surface area contributed by atoms with Crippen LogP contribution in [0.2, 0.25) is 0 Å². The summed E-state index contributed by atoms with van der Waals surface area (Å²) in [6.07, 6.45) is 7.25. The van der Waals surface area contributed by atoms with Crippen LogP contribution >= 0.6 is 0 Å². The van der Waals surface area contributed by atoms with Crippen LogP contribution in [0.4, 0.5) is 0 Å². The van der Waals surface area contributed by atoms with Gasteiger partial charge in [-0.15, -0.1) is 0 Å². The van der Waals surface area contributed by atoms with Gasteiger partial charge < -0.3 is 5.73 Å². The van der Waals surface area contributed by atoms with Crippen LogP contribution in [0.3, 0.4) is 0 Å². The van der Waals surface area contributed by atoms with Crippen molar-refractivity contribution in [2.75, 3.05) is 13.1 Å². The minimum atomic E-state index is 0.432. The minimum absolute atomic E-state index is 0.432. The van der Waals surface area contributed by atoms with Crippen LogP contribution in [0.5, 0.6) is 0 Å². The topological polar surface area (TPSA) is 29.3 Å². The monoisotopic (exact) mass is 236 g/mol. The molecule has 0 aromatic carbocycles. The third-order valence-corrected chi connectivity index (χ3v) is 5.66. The van der Waals surface area contributed by atoms with Crippen molar-refractivity contribution in [2.24, 2.45) is 29.4 Å². The molecule has 17 heavy (non-hydrogen) atoms. The fraction of sp³-hybridized carbons (Fsp3) is 1.00. The zero-order valence-electron chi connectivity index (χ0n) is 11.4. The molecular weight excluding hydrogens is 208 g/mol. The van der Waals surface area contributed by atoms with Crippen LogP contribution in [0.15, 0.2) is 0 Å². The summed E-state index contributed by atoms with van der Waals surface area (Å²) in [5.41, 5.74) is 6.18. The summed E-state index contributed by atoms with van der Waals surface area (Å²) in [5.74, 6) is 3.86. The van der Waals surface area contributed by atoms with E-state index in [1.165, 1.54) is 45.2 Å². The Morgan fingerprint density at radius 2 is 1.65 bits per heavy atom. The second-order valence-corrected chi connectivity index (χ2v) is 6.89. The molecule has 1 aliphatic heterocycles. The van der Waals surface area contributed by atoms with E-state index in [4.69, 9.17) is 5.73 Å². The summed E-state index contributed by atoms with van der Waals surface area (Å²) >= 11 is 0. The molecule has 3 fully saturated rings. The predicted octanol–water partition coefficient (Wildman–Crippen LogP) is 2.48. The first-order valence-corrected chi connectivity index (χ1v) is 7.66. The quantitative estimate of drug-likeness (QED) is 0.812. The van der Waals surface area contributed by atoms with Crippen molar-refractivity contribution in [3.05, 3.63) is 0 Å². The van der Waals surface area contributed by atoms with Gasteiger partial charge in [-0.3, -0.25) is 4.90 Å². The van der Waals surface area contributed by atoms with E-state index in [0.717, 1.165) is 17.8 Å². The van der Waals surface area contributed by atoms with E-state index >= 15 is 0 Å². The molecule has 0 radical (unpaired) electrons. The van der Waals surface area contributed by atoms with Gasteiger partial charge in [0.1, 0.15) is 0 Å². The van der Waals surface area contributed by atoms with Gasteiger partial charge in [-0.05, 0) is 69.2 Å². The smallest absolute Gasteiger partial charge is 0.0107 e. The molecule has 3 unspecified atom stereocenters. The number of nitrogens with two attached hydrogens (primary N) is 1. The Bertz CT molecular complexity index is 258. The summed E-state index contributed by atoms with van der Waals surface area (Å²) in [7, 11) is 0. The summed E-state index contributed by atoms with van der Waals surface area (Å²) in [6, 6.07) is 1.13. The molecule has 98 valence electrons. The standard InChI is InChI=1S/C15H28N2/c1-10-11(2)17(8-7-15(10)16)9-14(12-3-4-12)13-5-6-13/h10-15H,3-9,16H2,1-2H3. The number of nitrogens with zero attached hydrogens (tertiary/aromatic N) is 1. The summed E-state index contributed by atoms with van der Waals surface area (Å²) in [6.45, 7) is 7.33. The number of hydrogen-bond acceptors (Lipinski definition) is 2. The van der Waals surface area contributed by atoms with E-state index in [2.05, 4.69) is 18.7 Å². The van der Waals surface area contributed by atoms with Gasteiger partial charge in [0.25, 0.3) is 0 Å². The predicted molar refractivity (Wildman–Crippen MR) is 71.7 cm³/mol. The van der Waals surface area contributed by atoms with Crippen molar-refractivity contribution >= 4 is 0 Å². The van der Waals surface area contributed by atoms with Gasteiger partial charge in [-0.1, -0.05) is 6.92 Å². The van der Waals surface area contributed by atoms with Crippen LogP contribution < -0.4 is 5.73 Å². The van der Waals surface area contributed by atoms with Crippen molar-refractivity contribution in [3.8, 4) is 0 Å². The lowest BCUT2D eigenvalue weighted by atomic mass is 9.86. The molecule has 2 aliphatic carbocycles. The number of likely N-dealkylation sites (tertiary alicyclic amines) is 1. The lowest BCUT2D eigenvalue weighted by Crippen LogP contribution is -2.53. The molecular formula is C15H28N2. The van der Waals surface area contributed by atoms with Gasteiger partial charge >= 0.3 is 0 Å².